The Bertz CT molecular complexity index is 476. The van der Waals surface area contributed by atoms with Crippen LogP contribution in [0.4, 0.5) is 22.0 Å². The lowest BCUT2D eigenvalue weighted by Crippen LogP contribution is -2.45. The summed E-state index contributed by atoms with van der Waals surface area (Å²) < 4.78 is 73.9. The first kappa shape index (κ1) is 17.5. The van der Waals surface area contributed by atoms with Gasteiger partial charge in [0.1, 0.15) is 6.04 Å². The minimum Gasteiger partial charge on any atom is -0.490 e. The average Bonchev–Trinajstić information content (AvgIpc) is 2.39. The SMILES string of the molecule is CCOc1ccc(C(N)C(F)(F)C(F)(F)F)cc1OCC. The molecule has 21 heavy (non-hydrogen) atoms. The van der Waals surface area contributed by atoms with Gasteiger partial charge >= 0.3 is 12.1 Å². The van der Waals surface area contributed by atoms with E-state index < -0.39 is 18.1 Å². The summed E-state index contributed by atoms with van der Waals surface area (Å²) >= 11 is 0. The summed E-state index contributed by atoms with van der Waals surface area (Å²) in [5.74, 6) is -4.71. The molecule has 1 aromatic carbocycles. The zero-order chi connectivity index (χ0) is 16.3. The first-order valence-electron chi connectivity index (χ1n) is 6.24. The predicted molar refractivity (Wildman–Crippen MR) is 66.7 cm³/mol. The Morgan fingerprint density at radius 3 is 2.00 bits per heavy atom. The van der Waals surface area contributed by atoms with Crippen molar-refractivity contribution in [2.24, 2.45) is 5.73 Å². The van der Waals surface area contributed by atoms with Gasteiger partial charge in [-0.1, -0.05) is 6.07 Å². The zero-order valence-electron chi connectivity index (χ0n) is 11.5. The molecule has 1 rings (SSSR count). The second-order valence-corrected chi connectivity index (χ2v) is 4.17. The number of hydrogen-bond donors (Lipinski definition) is 1. The third-order valence-corrected chi connectivity index (χ3v) is 2.70. The van der Waals surface area contributed by atoms with E-state index in [9.17, 15) is 22.0 Å². The molecule has 0 radical (unpaired) electrons. The molecule has 0 aliphatic carbocycles. The number of hydrogen-bond acceptors (Lipinski definition) is 3. The van der Waals surface area contributed by atoms with Gasteiger partial charge in [0.05, 0.1) is 13.2 Å². The number of ether oxygens (including phenoxy) is 2. The first-order chi connectivity index (χ1) is 9.65. The summed E-state index contributed by atoms with van der Waals surface area (Å²) in [5.41, 5.74) is 4.70. The Morgan fingerprint density at radius 2 is 1.52 bits per heavy atom. The van der Waals surface area contributed by atoms with E-state index in [4.69, 9.17) is 15.2 Å². The third-order valence-electron chi connectivity index (χ3n) is 2.70. The number of alkyl halides is 5. The molecule has 8 heteroatoms. The van der Waals surface area contributed by atoms with Crippen molar-refractivity contribution in [2.75, 3.05) is 13.2 Å². The maximum atomic E-state index is 13.3. The number of nitrogens with two attached hydrogens (primary N) is 1. The van der Waals surface area contributed by atoms with Crippen molar-refractivity contribution in [1.29, 1.82) is 0 Å². The van der Waals surface area contributed by atoms with Crippen LogP contribution in [0.15, 0.2) is 18.2 Å². The molecule has 3 nitrogen and oxygen atoms in total. The Hall–Kier alpha value is -1.57. The van der Waals surface area contributed by atoms with E-state index in [1.807, 2.05) is 0 Å². The van der Waals surface area contributed by atoms with Crippen LogP contribution in [-0.2, 0) is 0 Å². The van der Waals surface area contributed by atoms with Crippen molar-refractivity contribution in [3.8, 4) is 11.5 Å². The third kappa shape index (κ3) is 3.75. The highest BCUT2D eigenvalue weighted by atomic mass is 19.4. The molecule has 0 fully saturated rings. The van der Waals surface area contributed by atoms with Crippen LogP contribution in [0.3, 0.4) is 0 Å². The van der Waals surface area contributed by atoms with Crippen LogP contribution >= 0.6 is 0 Å². The highest BCUT2D eigenvalue weighted by molar-refractivity contribution is 5.44. The monoisotopic (exact) mass is 313 g/mol. The molecular formula is C13H16F5NO2. The molecule has 2 N–H and O–H groups in total. The molecule has 0 spiro atoms. The normalized spacial score (nSPS) is 13.9. The van der Waals surface area contributed by atoms with Gasteiger partial charge in [0.2, 0.25) is 0 Å². The van der Waals surface area contributed by atoms with Crippen LogP contribution in [0, 0.1) is 0 Å². The molecule has 0 aliphatic rings. The average molecular weight is 313 g/mol. The number of benzene rings is 1. The maximum Gasteiger partial charge on any atom is 0.455 e. The van der Waals surface area contributed by atoms with E-state index in [2.05, 4.69) is 0 Å². The highest BCUT2D eigenvalue weighted by Crippen LogP contribution is 2.44. The Morgan fingerprint density at radius 1 is 1.00 bits per heavy atom. The van der Waals surface area contributed by atoms with Crippen LogP contribution in [0.5, 0.6) is 11.5 Å². The molecule has 0 aromatic heterocycles. The summed E-state index contributed by atoms with van der Waals surface area (Å²) in [7, 11) is 0. The van der Waals surface area contributed by atoms with Gasteiger partial charge in [-0.25, -0.2) is 0 Å². The lowest BCUT2D eigenvalue weighted by molar-refractivity contribution is -0.291. The predicted octanol–water partition coefficient (Wildman–Crippen LogP) is 3.68. The lowest BCUT2D eigenvalue weighted by atomic mass is 10.0. The fourth-order valence-corrected chi connectivity index (χ4v) is 1.65. The molecule has 1 aromatic rings. The summed E-state index contributed by atoms with van der Waals surface area (Å²) in [4.78, 5) is 0. The van der Waals surface area contributed by atoms with Crippen LogP contribution in [-0.4, -0.2) is 25.3 Å². The Balaban J connectivity index is 3.16. The largest absolute Gasteiger partial charge is 0.490 e. The molecular weight excluding hydrogens is 297 g/mol. The van der Waals surface area contributed by atoms with Gasteiger partial charge in [0.25, 0.3) is 0 Å². The lowest BCUT2D eigenvalue weighted by Gasteiger charge is -2.26. The summed E-state index contributed by atoms with van der Waals surface area (Å²) in [6, 6.07) is 0.847. The molecule has 0 bridgehead atoms. The van der Waals surface area contributed by atoms with E-state index >= 15 is 0 Å². The van der Waals surface area contributed by atoms with Crippen molar-refractivity contribution in [3.63, 3.8) is 0 Å². The zero-order valence-corrected chi connectivity index (χ0v) is 11.5. The summed E-state index contributed by atoms with van der Waals surface area (Å²) in [6.07, 6.45) is -5.73. The second kappa shape index (κ2) is 6.46. The Labute approximate surface area is 118 Å². The van der Waals surface area contributed by atoms with Crippen molar-refractivity contribution in [1.82, 2.24) is 0 Å². The van der Waals surface area contributed by atoms with Crippen molar-refractivity contribution in [3.05, 3.63) is 23.8 Å². The van der Waals surface area contributed by atoms with Gasteiger partial charge in [-0.3, -0.25) is 0 Å². The fraction of sp³-hybridized carbons (Fsp3) is 0.538. The van der Waals surface area contributed by atoms with E-state index in [1.165, 1.54) is 6.07 Å². The van der Waals surface area contributed by atoms with E-state index in [0.29, 0.717) is 6.61 Å². The van der Waals surface area contributed by atoms with E-state index in [0.717, 1.165) is 12.1 Å². The molecule has 120 valence electrons. The minimum absolute atomic E-state index is 0.0743. The molecule has 0 amide bonds. The smallest absolute Gasteiger partial charge is 0.455 e. The quantitative estimate of drug-likeness (QED) is 0.815. The van der Waals surface area contributed by atoms with Crippen LogP contribution in [0.25, 0.3) is 0 Å². The van der Waals surface area contributed by atoms with Crippen LogP contribution in [0.2, 0.25) is 0 Å². The summed E-state index contributed by atoms with van der Waals surface area (Å²) in [5, 5.41) is 0. The van der Waals surface area contributed by atoms with Gasteiger partial charge in [0.15, 0.2) is 11.5 Å². The number of rotatable bonds is 6. The van der Waals surface area contributed by atoms with Gasteiger partial charge < -0.3 is 15.2 Å². The summed E-state index contributed by atoms with van der Waals surface area (Å²) in [6.45, 7) is 3.85. The maximum absolute atomic E-state index is 13.3. The molecule has 1 atom stereocenters. The second-order valence-electron chi connectivity index (χ2n) is 4.17. The standard InChI is InChI=1S/C13H16F5NO2/c1-3-20-9-6-5-8(7-10(9)21-4-2)11(19)12(14,15)13(16,17)18/h5-7,11H,3-4,19H2,1-2H3. The van der Waals surface area contributed by atoms with Gasteiger partial charge in [-0.2, -0.15) is 22.0 Å². The van der Waals surface area contributed by atoms with E-state index in [1.54, 1.807) is 13.8 Å². The Kier molecular flexibility index (Phi) is 5.38. The highest BCUT2D eigenvalue weighted by Gasteiger charge is 2.61. The molecule has 0 saturated heterocycles. The van der Waals surface area contributed by atoms with Crippen LogP contribution < -0.4 is 15.2 Å². The molecule has 0 aliphatic heterocycles. The first-order valence-corrected chi connectivity index (χ1v) is 6.24. The van der Waals surface area contributed by atoms with Crippen molar-refractivity contribution in [2.45, 2.75) is 32.0 Å². The van der Waals surface area contributed by atoms with Crippen molar-refractivity contribution < 1.29 is 31.4 Å². The number of halogens is 5. The van der Waals surface area contributed by atoms with Gasteiger partial charge in [0, 0.05) is 0 Å². The fourth-order valence-electron chi connectivity index (χ4n) is 1.65. The molecule has 0 saturated carbocycles. The topological polar surface area (TPSA) is 44.5 Å². The van der Waals surface area contributed by atoms with Gasteiger partial charge in [-0.15, -0.1) is 0 Å². The minimum atomic E-state index is -5.73. The van der Waals surface area contributed by atoms with Crippen molar-refractivity contribution >= 4 is 0 Å². The van der Waals surface area contributed by atoms with E-state index in [-0.39, 0.29) is 23.7 Å². The molecule has 0 heterocycles. The van der Waals surface area contributed by atoms with Crippen LogP contribution in [0.1, 0.15) is 25.5 Å². The molecule has 1 unspecified atom stereocenters. The van der Waals surface area contributed by atoms with Gasteiger partial charge in [-0.05, 0) is 31.5 Å².